The number of piperazine rings is 1. The number of pyridine rings is 2. The van der Waals surface area contributed by atoms with Crippen molar-refractivity contribution in [3.05, 3.63) is 35.2 Å². The number of anilines is 4. The molecule has 0 aliphatic carbocycles. The second kappa shape index (κ2) is 10.7. The second-order valence-corrected chi connectivity index (χ2v) is 9.60. The van der Waals surface area contributed by atoms with E-state index in [1.54, 1.807) is 22.1 Å². The summed E-state index contributed by atoms with van der Waals surface area (Å²) in [5.74, 6) is 0.869. The fourth-order valence-corrected chi connectivity index (χ4v) is 4.96. The predicted molar refractivity (Wildman–Crippen MR) is 139 cm³/mol. The minimum absolute atomic E-state index is 0.0248. The molecule has 3 amide bonds. The number of rotatable bonds is 5. The molecule has 0 spiro atoms. The van der Waals surface area contributed by atoms with Gasteiger partial charge in [-0.3, -0.25) is 24.7 Å². The highest BCUT2D eigenvalue weighted by atomic mass is 16.5. The van der Waals surface area contributed by atoms with E-state index >= 15 is 0 Å². The van der Waals surface area contributed by atoms with Crippen molar-refractivity contribution in [1.29, 1.82) is 0 Å². The molecule has 3 aliphatic rings. The molecule has 3 aliphatic heterocycles. The molecule has 12 nitrogen and oxygen atoms in total. The number of aryl methyl sites for hydroxylation is 1. The minimum Gasteiger partial charge on any atom is -0.396 e. The van der Waals surface area contributed by atoms with Gasteiger partial charge in [0.25, 0.3) is 0 Å². The number of hydrogen-bond acceptors (Lipinski definition) is 9. The van der Waals surface area contributed by atoms with Crippen LogP contribution in [-0.2, 0) is 22.5 Å². The van der Waals surface area contributed by atoms with E-state index in [0.29, 0.717) is 81.7 Å². The normalized spacial score (nSPS) is 18.5. The Labute approximate surface area is 215 Å². The van der Waals surface area contributed by atoms with Crippen LogP contribution in [0, 0.1) is 0 Å². The van der Waals surface area contributed by atoms with Gasteiger partial charge in [0.2, 0.25) is 5.91 Å². The summed E-state index contributed by atoms with van der Waals surface area (Å²) in [5.41, 5.74) is 9.30. The first-order valence-corrected chi connectivity index (χ1v) is 12.5. The standard InChI is InChI=1S/C25H32N8O4/c1-30-5-6-32(23(35)15-30)14-18-11-17-3-2-4-33(24(17)28-20(18)16-34)25(36)29-22-12-21(19(26)13-27-22)31-7-9-37-10-8-31/h11-13,16H,2-10,14-15,26H2,1H3,(H,27,29,36). The third-order valence-electron chi connectivity index (χ3n) is 7.00. The fourth-order valence-electron chi connectivity index (χ4n) is 4.96. The molecular formula is C25H32N8O4. The van der Waals surface area contributed by atoms with Crippen molar-refractivity contribution in [2.45, 2.75) is 19.4 Å². The first kappa shape index (κ1) is 24.9. The molecule has 0 saturated carbocycles. The third-order valence-corrected chi connectivity index (χ3v) is 7.00. The number of carbonyl (C=O) groups excluding carboxylic acids is 3. The lowest BCUT2D eigenvalue weighted by Gasteiger charge is -2.33. The van der Waals surface area contributed by atoms with Crippen LogP contribution >= 0.6 is 0 Å². The second-order valence-electron chi connectivity index (χ2n) is 9.60. The predicted octanol–water partition coefficient (Wildman–Crippen LogP) is 0.967. The number of urea groups is 1. The van der Waals surface area contributed by atoms with Crippen LogP contribution < -0.4 is 20.9 Å². The molecule has 0 radical (unpaired) electrons. The lowest BCUT2D eigenvalue weighted by atomic mass is 10.0. The van der Waals surface area contributed by atoms with Crippen molar-refractivity contribution in [2.75, 3.05) is 80.4 Å². The van der Waals surface area contributed by atoms with Gasteiger partial charge in [0.1, 0.15) is 17.3 Å². The van der Waals surface area contributed by atoms with E-state index in [1.807, 2.05) is 18.0 Å². The number of likely N-dealkylation sites (N-methyl/N-ethyl adjacent to an activating group) is 1. The summed E-state index contributed by atoms with van der Waals surface area (Å²) in [5, 5.41) is 2.86. The first-order valence-electron chi connectivity index (χ1n) is 12.5. The summed E-state index contributed by atoms with van der Waals surface area (Å²) in [7, 11) is 1.91. The monoisotopic (exact) mass is 508 g/mol. The molecule has 2 aromatic rings. The highest BCUT2D eigenvalue weighted by molar-refractivity contribution is 6.02. The highest BCUT2D eigenvalue weighted by Gasteiger charge is 2.28. The van der Waals surface area contributed by atoms with Crippen molar-refractivity contribution in [2.24, 2.45) is 0 Å². The van der Waals surface area contributed by atoms with Gasteiger partial charge < -0.3 is 20.3 Å². The molecule has 0 aromatic carbocycles. The Morgan fingerprint density at radius 2 is 2.00 bits per heavy atom. The Morgan fingerprint density at radius 1 is 1.19 bits per heavy atom. The minimum atomic E-state index is -0.377. The van der Waals surface area contributed by atoms with E-state index < -0.39 is 0 Å². The van der Waals surface area contributed by atoms with Gasteiger partial charge >= 0.3 is 6.03 Å². The van der Waals surface area contributed by atoms with Gasteiger partial charge in [-0.15, -0.1) is 0 Å². The number of morpholine rings is 1. The smallest absolute Gasteiger partial charge is 0.328 e. The topological polar surface area (TPSA) is 137 Å². The molecule has 0 atom stereocenters. The summed E-state index contributed by atoms with van der Waals surface area (Å²) < 4.78 is 5.42. The molecule has 2 saturated heterocycles. The summed E-state index contributed by atoms with van der Waals surface area (Å²) in [6.45, 7) is 5.17. The Bertz CT molecular complexity index is 1200. The zero-order valence-corrected chi connectivity index (χ0v) is 21.0. The Hall–Kier alpha value is -3.77. The van der Waals surface area contributed by atoms with E-state index in [-0.39, 0.29) is 17.6 Å². The summed E-state index contributed by atoms with van der Waals surface area (Å²) in [6, 6.07) is 3.30. The van der Waals surface area contributed by atoms with Gasteiger partial charge in [-0.05, 0) is 31.5 Å². The molecule has 0 bridgehead atoms. The zero-order chi connectivity index (χ0) is 25.9. The van der Waals surface area contributed by atoms with E-state index in [2.05, 4.69) is 20.2 Å². The van der Waals surface area contributed by atoms with Crippen LogP contribution in [0.5, 0.6) is 0 Å². The number of nitrogens with two attached hydrogens (primary N) is 1. The molecule has 5 rings (SSSR count). The highest BCUT2D eigenvalue weighted by Crippen LogP contribution is 2.30. The lowest BCUT2D eigenvalue weighted by Crippen LogP contribution is -2.48. The molecule has 37 heavy (non-hydrogen) atoms. The van der Waals surface area contributed by atoms with Crippen LogP contribution in [0.15, 0.2) is 18.3 Å². The molecular weight excluding hydrogens is 476 g/mol. The third kappa shape index (κ3) is 5.35. The average molecular weight is 509 g/mol. The molecule has 3 N–H and O–H groups in total. The number of hydrogen-bond donors (Lipinski definition) is 2. The number of nitrogens with one attached hydrogen (secondary N) is 1. The van der Waals surface area contributed by atoms with Crippen LogP contribution in [0.25, 0.3) is 0 Å². The quantitative estimate of drug-likeness (QED) is 0.566. The largest absolute Gasteiger partial charge is 0.396 e. The van der Waals surface area contributed by atoms with E-state index in [1.165, 1.54) is 0 Å². The lowest BCUT2D eigenvalue weighted by molar-refractivity contribution is -0.136. The van der Waals surface area contributed by atoms with Gasteiger partial charge in [0.15, 0.2) is 6.29 Å². The SMILES string of the molecule is CN1CCN(Cc2cc3c(nc2C=O)N(C(=O)Nc2cc(N4CCOCC4)c(N)cn2)CCC3)C(=O)C1. The maximum absolute atomic E-state index is 13.3. The van der Waals surface area contributed by atoms with Crippen LogP contribution in [0.1, 0.15) is 28.0 Å². The van der Waals surface area contributed by atoms with Gasteiger partial charge in [0.05, 0.1) is 37.3 Å². The molecule has 2 fully saturated rings. The number of aromatic nitrogens is 2. The first-order chi connectivity index (χ1) is 17.9. The average Bonchev–Trinajstić information content (AvgIpc) is 2.91. The number of nitrogen functional groups attached to an aromatic ring is 1. The summed E-state index contributed by atoms with van der Waals surface area (Å²) in [6.07, 6.45) is 3.72. The Balaban J connectivity index is 1.35. The Kier molecular flexibility index (Phi) is 7.19. The molecule has 0 unspecified atom stereocenters. The van der Waals surface area contributed by atoms with Gasteiger partial charge in [-0.1, -0.05) is 0 Å². The molecule has 2 aromatic heterocycles. The van der Waals surface area contributed by atoms with Crippen molar-refractivity contribution < 1.29 is 19.1 Å². The number of nitrogens with zero attached hydrogens (tertiary/aromatic N) is 6. The number of carbonyl (C=O) groups is 3. The molecule has 5 heterocycles. The van der Waals surface area contributed by atoms with Crippen molar-refractivity contribution in [1.82, 2.24) is 19.8 Å². The maximum Gasteiger partial charge on any atom is 0.328 e. The zero-order valence-electron chi connectivity index (χ0n) is 21.0. The van der Waals surface area contributed by atoms with Crippen LogP contribution in [-0.4, -0.2) is 97.5 Å². The number of aldehydes is 1. The van der Waals surface area contributed by atoms with E-state index in [4.69, 9.17) is 10.5 Å². The molecule has 12 heteroatoms. The number of ether oxygens (including phenoxy) is 1. The van der Waals surface area contributed by atoms with E-state index in [0.717, 1.165) is 30.6 Å². The fraction of sp³-hybridized carbons (Fsp3) is 0.480. The van der Waals surface area contributed by atoms with Crippen molar-refractivity contribution in [3.63, 3.8) is 0 Å². The van der Waals surface area contributed by atoms with Crippen molar-refractivity contribution >= 4 is 41.2 Å². The number of amides is 3. The van der Waals surface area contributed by atoms with Crippen molar-refractivity contribution in [3.8, 4) is 0 Å². The van der Waals surface area contributed by atoms with E-state index in [9.17, 15) is 14.4 Å². The van der Waals surface area contributed by atoms with Crippen LogP contribution in [0.2, 0.25) is 0 Å². The Morgan fingerprint density at radius 3 is 2.76 bits per heavy atom. The van der Waals surface area contributed by atoms with Crippen LogP contribution in [0.4, 0.5) is 27.8 Å². The maximum atomic E-state index is 13.3. The van der Waals surface area contributed by atoms with Gasteiger partial charge in [0, 0.05) is 50.9 Å². The van der Waals surface area contributed by atoms with Gasteiger partial charge in [-0.25, -0.2) is 14.8 Å². The summed E-state index contributed by atoms with van der Waals surface area (Å²) in [4.78, 5) is 53.9. The van der Waals surface area contributed by atoms with Crippen LogP contribution in [0.3, 0.4) is 0 Å². The van der Waals surface area contributed by atoms with Gasteiger partial charge in [-0.2, -0.15) is 0 Å². The summed E-state index contributed by atoms with van der Waals surface area (Å²) >= 11 is 0. The molecule has 196 valence electrons. The number of fused-ring (bicyclic) bond motifs is 1.